The zero-order valence-corrected chi connectivity index (χ0v) is 15.4. The van der Waals surface area contributed by atoms with Gasteiger partial charge in [-0.15, -0.1) is 0 Å². The molecule has 26 heavy (non-hydrogen) atoms. The lowest BCUT2D eigenvalue weighted by Gasteiger charge is -2.24. The van der Waals surface area contributed by atoms with Crippen LogP contribution in [0.2, 0.25) is 10.0 Å². The number of halogens is 2. The smallest absolute Gasteiger partial charge is 0.335 e. The van der Waals surface area contributed by atoms with Crippen molar-refractivity contribution in [2.45, 2.75) is 11.3 Å². The number of hydrogen-bond acceptors (Lipinski definition) is 4. The molecule has 0 spiro atoms. The number of carboxylic acids is 2. The van der Waals surface area contributed by atoms with Crippen molar-refractivity contribution in [3.63, 3.8) is 0 Å². The van der Waals surface area contributed by atoms with E-state index in [1.54, 1.807) is 0 Å². The standard InChI is InChI=1S/C16H13Cl2NO6S/c17-11-3-6-13(18)14(9-11)26(24,25)19(8-7-15(20)21)12-4-1-10(2-5-12)16(22)23/h1-6,9H,7-8H2,(H,20,21)(H,22,23). The van der Waals surface area contributed by atoms with Gasteiger partial charge in [0, 0.05) is 11.6 Å². The number of hydrogen-bond donors (Lipinski definition) is 2. The first-order valence-corrected chi connectivity index (χ1v) is 9.35. The van der Waals surface area contributed by atoms with Gasteiger partial charge in [-0.1, -0.05) is 23.2 Å². The minimum absolute atomic E-state index is 0.0369. The summed E-state index contributed by atoms with van der Waals surface area (Å²) in [6, 6.07) is 8.91. The van der Waals surface area contributed by atoms with Crippen LogP contribution in [0, 0.1) is 0 Å². The monoisotopic (exact) mass is 417 g/mol. The normalized spacial score (nSPS) is 11.2. The third-order valence-electron chi connectivity index (χ3n) is 3.39. The summed E-state index contributed by atoms with van der Waals surface area (Å²) >= 11 is 11.8. The van der Waals surface area contributed by atoms with Crippen LogP contribution in [0.3, 0.4) is 0 Å². The zero-order valence-electron chi connectivity index (χ0n) is 13.1. The molecule has 7 nitrogen and oxygen atoms in total. The Balaban J connectivity index is 2.54. The van der Waals surface area contributed by atoms with Gasteiger partial charge in [0.1, 0.15) is 4.90 Å². The highest BCUT2D eigenvalue weighted by atomic mass is 35.5. The largest absolute Gasteiger partial charge is 0.481 e. The molecule has 0 aliphatic carbocycles. The van der Waals surface area contributed by atoms with E-state index in [1.807, 2.05) is 0 Å². The quantitative estimate of drug-likeness (QED) is 0.713. The fourth-order valence-electron chi connectivity index (χ4n) is 2.15. The van der Waals surface area contributed by atoms with E-state index in [9.17, 15) is 18.0 Å². The number of benzene rings is 2. The van der Waals surface area contributed by atoms with E-state index in [2.05, 4.69) is 0 Å². The second-order valence-electron chi connectivity index (χ2n) is 5.15. The molecular weight excluding hydrogens is 405 g/mol. The lowest BCUT2D eigenvalue weighted by molar-refractivity contribution is -0.136. The van der Waals surface area contributed by atoms with E-state index in [-0.39, 0.29) is 32.7 Å². The summed E-state index contributed by atoms with van der Waals surface area (Å²) in [5.74, 6) is -2.36. The van der Waals surface area contributed by atoms with E-state index in [1.165, 1.54) is 42.5 Å². The minimum Gasteiger partial charge on any atom is -0.481 e. The third-order valence-corrected chi connectivity index (χ3v) is 5.94. The average molecular weight is 418 g/mol. The SMILES string of the molecule is O=C(O)CCN(c1ccc(C(=O)O)cc1)S(=O)(=O)c1cc(Cl)ccc1Cl. The molecule has 0 saturated carbocycles. The number of rotatable bonds is 7. The number of anilines is 1. The van der Waals surface area contributed by atoms with Gasteiger partial charge in [-0.05, 0) is 42.5 Å². The number of aliphatic carboxylic acids is 1. The first-order chi connectivity index (χ1) is 12.1. The summed E-state index contributed by atoms with van der Waals surface area (Å²) in [5, 5.41) is 17.9. The Labute approximate surface area is 159 Å². The van der Waals surface area contributed by atoms with Crippen molar-refractivity contribution in [2.24, 2.45) is 0 Å². The van der Waals surface area contributed by atoms with Crippen molar-refractivity contribution < 1.29 is 28.2 Å². The van der Waals surface area contributed by atoms with E-state index in [0.29, 0.717) is 0 Å². The summed E-state index contributed by atoms with van der Waals surface area (Å²) in [6.07, 6.45) is -0.460. The Bertz CT molecular complexity index is 944. The highest BCUT2D eigenvalue weighted by molar-refractivity contribution is 7.93. The Morgan fingerprint density at radius 2 is 1.62 bits per heavy atom. The first-order valence-electron chi connectivity index (χ1n) is 7.16. The summed E-state index contributed by atoms with van der Waals surface area (Å²) in [7, 11) is -4.23. The van der Waals surface area contributed by atoms with E-state index in [4.69, 9.17) is 33.4 Å². The zero-order chi connectivity index (χ0) is 19.5. The highest BCUT2D eigenvalue weighted by Crippen LogP contribution is 2.31. The third kappa shape index (κ3) is 4.46. The molecule has 0 saturated heterocycles. The Kier molecular flexibility index (Phi) is 6.12. The van der Waals surface area contributed by atoms with Crippen LogP contribution in [0.4, 0.5) is 5.69 Å². The number of nitrogens with zero attached hydrogens (tertiary/aromatic N) is 1. The number of carbonyl (C=O) groups is 2. The van der Waals surface area contributed by atoms with Crippen molar-refractivity contribution >= 4 is 50.9 Å². The van der Waals surface area contributed by atoms with Crippen LogP contribution >= 0.6 is 23.2 Å². The molecule has 0 aromatic heterocycles. The maximum absolute atomic E-state index is 13.0. The molecule has 0 unspecified atom stereocenters. The molecule has 2 aromatic carbocycles. The van der Waals surface area contributed by atoms with Crippen LogP contribution in [0.1, 0.15) is 16.8 Å². The maximum atomic E-state index is 13.0. The number of sulfonamides is 1. The van der Waals surface area contributed by atoms with Gasteiger partial charge in [0.2, 0.25) is 0 Å². The average Bonchev–Trinajstić information content (AvgIpc) is 2.57. The van der Waals surface area contributed by atoms with Gasteiger partial charge < -0.3 is 10.2 Å². The topological polar surface area (TPSA) is 112 Å². The Hall–Kier alpha value is -2.29. The van der Waals surface area contributed by atoms with Gasteiger partial charge in [0.05, 0.1) is 22.7 Å². The fraction of sp³-hybridized carbons (Fsp3) is 0.125. The van der Waals surface area contributed by atoms with Gasteiger partial charge >= 0.3 is 11.9 Å². The van der Waals surface area contributed by atoms with Gasteiger partial charge in [0.15, 0.2) is 0 Å². The number of aromatic carboxylic acids is 1. The first kappa shape index (κ1) is 20.0. The second-order valence-corrected chi connectivity index (χ2v) is 7.82. The Morgan fingerprint density at radius 3 is 2.15 bits per heavy atom. The van der Waals surface area contributed by atoms with Gasteiger partial charge in [0.25, 0.3) is 10.0 Å². The molecule has 138 valence electrons. The lowest BCUT2D eigenvalue weighted by Crippen LogP contribution is -2.33. The molecule has 0 fully saturated rings. The van der Waals surface area contributed by atoms with Gasteiger partial charge in [-0.25, -0.2) is 13.2 Å². The fourth-order valence-corrected chi connectivity index (χ4v) is 4.35. The molecule has 2 rings (SSSR count). The van der Waals surface area contributed by atoms with Crippen molar-refractivity contribution in [1.82, 2.24) is 0 Å². The molecule has 0 heterocycles. The predicted octanol–water partition coefficient (Wildman–Crippen LogP) is 3.36. The summed E-state index contributed by atoms with van der Waals surface area (Å²) in [4.78, 5) is 21.6. The predicted molar refractivity (Wildman–Crippen MR) is 96.6 cm³/mol. The molecule has 10 heteroatoms. The summed E-state index contributed by atoms with van der Waals surface area (Å²) < 4.78 is 26.9. The van der Waals surface area contributed by atoms with Crippen molar-refractivity contribution in [3.05, 3.63) is 58.1 Å². The van der Waals surface area contributed by atoms with Crippen molar-refractivity contribution in [1.29, 1.82) is 0 Å². The van der Waals surface area contributed by atoms with Crippen LogP contribution in [-0.4, -0.2) is 37.1 Å². The van der Waals surface area contributed by atoms with E-state index < -0.39 is 28.4 Å². The second kappa shape index (κ2) is 7.94. The summed E-state index contributed by atoms with van der Waals surface area (Å²) in [5.41, 5.74) is 0.0670. The molecule has 0 amide bonds. The van der Waals surface area contributed by atoms with Crippen molar-refractivity contribution in [2.75, 3.05) is 10.8 Å². The molecule has 0 atom stereocenters. The molecule has 2 N–H and O–H groups in total. The Morgan fingerprint density at radius 1 is 1.00 bits per heavy atom. The van der Waals surface area contributed by atoms with Crippen LogP contribution in [0.25, 0.3) is 0 Å². The van der Waals surface area contributed by atoms with E-state index in [0.717, 1.165) is 4.31 Å². The van der Waals surface area contributed by atoms with Crippen LogP contribution < -0.4 is 4.31 Å². The summed E-state index contributed by atoms with van der Waals surface area (Å²) in [6.45, 7) is -0.368. The molecule has 0 aliphatic rings. The molecule has 0 bridgehead atoms. The molecular formula is C16H13Cl2NO6S. The van der Waals surface area contributed by atoms with Crippen LogP contribution in [-0.2, 0) is 14.8 Å². The highest BCUT2D eigenvalue weighted by Gasteiger charge is 2.28. The lowest BCUT2D eigenvalue weighted by atomic mass is 10.2. The minimum atomic E-state index is -4.23. The molecule has 0 radical (unpaired) electrons. The van der Waals surface area contributed by atoms with Crippen LogP contribution in [0.15, 0.2) is 47.4 Å². The van der Waals surface area contributed by atoms with Crippen molar-refractivity contribution in [3.8, 4) is 0 Å². The molecule has 0 aliphatic heterocycles. The van der Waals surface area contributed by atoms with Gasteiger partial charge in [-0.2, -0.15) is 0 Å². The maximum Gasteiger partial charge on any atom is 0.335 e. The van der Waals surface area contributed by atoms with Crippen LogP contribution in [0.5, 0.6) is 0 Å². The number of carboxylic acid groups (broad SMARTS) is 2. The van der Waals surface area contributed by atoms with E-state index >= 15 is 0 Å². The molecule has 2 aromatic rings. The van der Waals surface area contributed by atoms with Gasteiger partial charge in [-0.3, -0.25) is 9.10 Å².